The number of H-pyrrole nitrogens is 1. The average molecular weight is 222 g/mol. The van der Waals surface area contributed by atoms with E-state index in [0.717, 1.165) is 18.7 Å². The second-order valence-electron chi connectivity index (χ2n) is 3.97. The number of aromatic amines is 1. The Morgan fingerprint density at radius 1 is 1.56 bits per heavy atom. The molecule has 0 unspecified atom stereocenters. The Hall–Kier alpha value is -1.62. The van der Waals surface area contributed by atoms with Crippen LogP contribution in [-0.4, -0.2) is 36.6 Å². The first kappa shape index (κ1) is 10.9. The molecule has 0 bridgehead atoms. The molecule has 5 heteroatoms. The molecule has 0 aromatic carbocycles. The molecule has 0 spiro atoms. The summed E-state index contributed by atoms with van der Waals surface area (Å²) in [4.78, 5) is 28.4. The van der Waals surface area contributed by atoms with E-state index in [2.05, 4.69) is 14.6 Å². The number of ether oxygens (including phenoxy) is 1. The first-order chi connectivity index (χ1) is 7.63. The zero-order valence-corrected chi connectivity index (χ0v) is 9.37. The van der Waals surface area contributed by atoms with Gasteiger partial charge in [0.15, 0.2) is 0 Å². The summed E-state index contributed by atoms with van der Waals surface area (Å²) in [5.41, 5.74) is 1.47. The number of fused-ring (bicyclic) bond motifs is 1. The van der Waals surface area contributed by atoms with Crippen LogP contribution in [0.3, 0.4) is 0 Å². The van der Waals surface area contributed by atoms with Crippen molar-refractivity contribution in [3.8, 4) is 0 Å². The predicted molar refractivity (Wildman–Crippen MR) is 58.4 cm³/mol. The molecule has 1 aromatic heterocycles. The summed E-state index contributed by atoms with van der Waals surface area (Å²) >= 11 is 0. The number of nitrogens with one attached hydrogen (secondary N) is 1. The van der Waals surface area contributed by atoms with Crippen molar-refractivity contribution in [2.75, 3.05) is 20.7 Å². The van der Waals surface area contributed by atoms with Crippen LogP contribution in [0.1, 0.15) is 21.6 Å². The molecule has 0 fully saturated rings. The lowest BCUT2D eigenvalue weighted by molar-refractivity contribution is 0.0598. The van der Waals surface area contributed by atoms with Gasteiger partial charge in [-0.15, -0.1) is 0 Å². The fourth-order valence-corrected chi connectivity index (χ4v) is 1.92. The van der Waals surface area contributed by atoms with Crippen LogP contribution in [0.2, 0.25) is 0 Å². The molecule has 16 heavy (non-hydrogen) atoms. The number of aromatic nitrogens is 1. The van der Waals surface area contributed by atoms with Gasteiger partial charge in [-0.3, -0.25) is 4.79 Å². The molecule has 0 aliphatic carbocycles. The highest BCUT2D eigenvalue weighted by molar-refractivity contribution is 5.89. The van der Waals surface area contributed by atoms with Crippen molar-refractivity contribution in [3.05, 3.63) is 33.2 Å². The average Bonchev–Trinajstić information content (AvgIpc) is 2.29. The third-order valence-electron chi connectivity index (χ3n) is 2.85. The molecule has 0 saturated carbocycles. The highest BCUT2D eigenvalue weighted by Gasteiger charge is 2.21. The molecule has 1 aliphatic heterocycles. The number of hydrogen-bond donors (Lipinski definition) is 1. The van der Waals surface area contributed by atoms with Gasteiger partial charge < -0.3 is 14.6 Å². The van der Waals surface area contributed by atoms with Crippen LogP contribution in [0, 0.1) is 0 Å². The van der Waals surface area contributed by atoms with Crippen LogP contribution in [0.4, 0.5) is 0 Å². The predicted octanol–water partition coefficient (Wildman–Crippen LogP) is 0.149. The summed E-state index contributed by atoms with van der Waals surface area (Å²) in [5, 5.41) is 0. The van der Waals surface area contributed by atoms with Crippen molar-refractivity contribution in [1.29, 1.82) is 0 Å². The molecule has 1 aromatic rings. The fraction of sp³-hybridized carbons (Fsp3) is 0.455. The SMILES string of the molecule is COC(=O)c1c[nH]c2c(c1=O)CN(C)CC2. The van der Waals surface area contributed by atoms with Gasteiger partial charge in [0, 0.05) is 37.0 Å². The Kier molecular flexibility index (Phi) is 2.78. The van der Waals surface area contributed by atoms with Crippen LogP contribution in [0.25, 0.3) is 0 Å². The van der Waals surface area contributed by atoms with Crippen LogP contribution in [-0.2, 0) is 17.7 Å². The lowest BCUT2D eigenvalue weighted by Crippen LogP contribution is -2.34. The van der Waals surface area contributed by atoms with Gasteiger partial charge >= 0.3 is 5.97 Å². The molecule has 0 atom stereocenters. The third-order valence-corrected chi connectivity index (χ3v) is 2.85. The number of carbonyl (C=O) groups is 1. The van der Waals surface area contributed by atoms with E-state index in [4.69, 9.17) is 0 Å². The lowest BCUT2D eigenvalue weighted by Gasteiger charge is -2.24. The maximum Gasteiger partial charge on any atom is 0.343 e. The van der Waals surface area contributed by atoms with Crippen molar-refractivity contribution in [2.45, 2.75) is 13.0 Å². The number of nitrogens with zero attached hydrogens (tertiary/aromatic N) is 1. The maximum atomic E-state index is 12.0. The molecule has 1 aliphatic rings. The van der Waals surface area contributed by atoms with Crippen molar-refractivity contribution in [3.63, 3.8) is 0 Å². The Morgan fingerprint density at radius 2 is 2.31 bits per heavy atom. The van der Waals surface area contributed by atoms with E-state index in [1.165, 1.54) is 13.3 Å². The Bertz CT molecular complexity index is 479. The highest BCUT2D eigenvalue weighted by atomic mass is 16.5. The van der Waals surface area contributed by atoms with Crippen molar-refractivity contribution >= 4 is 5.97 Å². The largest absolute Gasteiger partial charge is 0.465 e. The third kappa shape index (κ3) is 1.74. The molecule has 0 amide bonds. The molecule has 1 N–H and O–H groups in total. The van der Waals surface area contributed by atoms with Crippen LogP contribution in [0.15, 0.2) is 11.0 Å². The Balaban J connectivity index is 2.50. The van der Waals surface area contributed by atoms with E-state index >= 15 is 0 Å². The molecular formula is C11H14N2O3. The van der Waals surface area contributed by atoms with Crippen LogP contribution < -0.4 is 5.43 Å². The van der Waals surface area contributed by atoms with Gasteiger partial charge in [-0.05, 0) is 7.05 Å². The molecule has 5 nitrogen and oxygen atoms in total. The summed E-state index contributed by atoms with van der Waals surface area (Å²) in [6, 6.07) is 0. The molecule has 86 valence electrons. The standard InChI is InChI=1S/C11H14N2O3/c1-13-4-3-9-8(6-13)10(14)7(5-12-9)11(15)16-2/h5H,3-4,6H2,1-2H3,(H,12,14). The minimum Gasteiger partial charge on any atom is -0.465 e. The molecule has 2 rings (SSSR count). The van der Waals surface area contributed by atoms with E-state index in [9.17, 15) is 9.59 Å². The van der Waals surface area contributed by atoms with Gasteiger partial charge in [0.25, 0.3) is 0 Å². The minimum atomic E-state index is -0.586. The summed E-state index contributed by atoms with van der Waals surface area (Å²) in [6.07, 6.45) is 2.25. The van der Waals surface area contributed by atoms with E-state index in [-0.39, 0.29) is 11.0 Å². The van der Waals surface area contributed by atoms with Gasteiger partial charge in [-0.2, -0.15) is 0 Å². The van der Waals surface area contributed by atoms with Gasteiger partial charge in [-0.1, -0.05) is 0 Å². The first-order valence-electron chi connectivity index (χ1n) is 5.13. The lowest BCUT2D eigenvalue weighted by atomic mass is 10.0. The van der Waals surface area contributed by atoms with Crippen molar-refractivity contribution in [2.24, 2.45) is 0 Å². The quantitative estimate of drug-likeness (QED) is 0.687. The molecule has 2 heterocycles. The van der Waals surface area contributed by atoms with Gasteiger partial charge in [0.2, 0.25) is 5.43 Å². The van der Waals surface area contributed by atoms with Crippen LogP contribution >= 0.6 is 0 Å². The summed E-state index contributed by atoms with van der Waals surface area (Å²) in [6.45, 7) is 1.50. The number of likely N-dealkylation sites (N-methyl/N-ethyl adjacent to an activating group) is 1. The number of hydrogen-bond acceptors (Lipinski definition) is 4. The van der Waals surface area contributed by atoms with Gasteiger partial charge in [-0.25, -0.2) is 4.79 Å². The van der Waals surface area contributed by atoms with Crippen molar-refractivity contribution < 1.29 is 9.53 Å². The number of esters is 1. The van der Waals surface area contributed by atoms with E-state index in [0.29, 0.717) is 12.1 Å². The topological polar surface area (TPSA) is 62.4 Å². The number of carbonyl (C=O) groups excluding carboxylic acids is 1. The highest BCUT2D eigenvalue weighted by Crippen LogP contribution is 2.12. The minimum absolute atomic E-state index is 0.0801. The van der Waals surface area contributed by atoms with Gasteiger partial charge in [0.05, 0.1) is 7.11 Å². The number of pyridine rings is 1. The van der Waals surface area contributed by atoms with Crippen molar-refractivity contribution in [1.82, 2.24) is 9.88 Å². The van der Waals surface area contributed by atoms with E-state index in [1.54, 1.807) is 0 Å². The molecule has 0 saturated heterocycles. The van der Waals surface area contributed by atoms with E-state index in [1.807, 2.05) is 7.05 Å². The number of methoxy groups -OCH3 is 1. The summed E-state index contributed by atoms with van der Waals surface area (Å²) in [5.74, 6) is -0.586. The molecule has 0 radical (unpaired) electrons. The van der Waals surface area contributed by atoms with Crippen LogP contribution in [0.5, 0.6) is 0 Å². The zero-order valence-electron chi connectivity index (χ0n) is 9.37. The Morgan fingerprint density at radius 3 is 3.00 bits per heavy atom. The normalized spacial score (nSPS) is 15.6. The zero-order chi connectivity index (χ0) is 11.7. The molecular weight excluding hydrogens is 208 g/mol. The number of rotatable bonds is 1. The fourth-order valence-electron chi connectivity index (χ4n) is 1.92. The second-order valence-corrected chi connectivity index (χ2v) is 3.97. The maximum absolute atomic E-state index is 12.0. The smallest absolute Gasteiger partial charge is 0.343 e. The summed E-state index contributed by atoms with van der Waals surface area (Å²) in [7, 11) is 3.22. The first-order valence-corrected chi connectivity index (χ1v) is 5.13. The van der Waals surface area contributed by atoms with Gasteiger partial charge in [0.1, 0.15) is 5.56 Å². The van der Waals surface area contributed by atoms with E-state index < -0.39 is 5.97 Å². The monoisotopic (exact) mass is 222 g/mol. The summed E-state index contributed by atoms with van der Waals surface area (Å²) < 4.78 is 4.56. The second kappa shape index (κ2) is 4.09. The Labute approximate surface area is 93.0 Å².